The van der Waals surface area contributed by atoms with Crippen molar-refractivity contribution >= 4 is 11.6 Å². The van der Waals surface area contributed by atoms with E-state index in [4.69, 9.17) is 0 Å². The Morgan fingerprint density at radius 3 is 2.53 bits per heavy atom. The number of allylic oxidation sites excluding steroid dienone is 1. The van der Waals surface area contributed by atoms with Gasteiger partial charge in [0.05, 0.1) is 0 Å². The predicted octanol–water partition coefficient (Wildman–Crippen LogP) is 3.04. The molecule has 0 unspecified atom stereocenters. The van der Waals surface area contributed by atoms with Crippen molar-refractivity contribution in [2.24, 2.45) is 0 Å². The van der Waals surface area contributed by atoms with Crippen molar-refractivity contribution in [2.45, 2.75) is 6.92 Å². The van der Waals surface area contributed by atoms with Gasteiger partial charge in [-0.2, -0.15) is 0 Å². The second-order valence-corrected chi connectivity index (χ2v) is 3.35. The van der Waals surface area contributed by atoms with Gasteiger partial charge in [-0.05, 0) is 41.8 Å². The van der Waals surface area contributed by atoms with Gasteiger partial charge in [0.1, 0.15) is 0 Å². The predicted molar refractivity (Wildman–Crippen MR) is 62.0 cm³/mol. The molecule has 0 aliphatic heterocycles. The van der Waals surface area contributed by atoms with Crippen LogP contribution in [0.2, 0.25) is 0 Å². The highest BCUT2D eigenvalue weighted by Crippen LogP contribution is 2.15. The van der Waals surface area contributed by atoms with E-state index in [1.807, 2.05) is 24.4 Å². The third kappa shape index (κ3) is 2.50. The molecular weight excluding hydrogens is 184 g/mol. The van der Waals surface area contributed by atoms with Crippen molar-refractivity contribution in [2.75, 3.05) is 0 Å². The van der Waals surface area contributed by atoms with E-state index in [9.17, 15) is 0 Å². The van der Waals surface area contributed by atoms with Crippen LogP contribution in [-0.2, 0) is 0 Å². The van der Waals surface area contributed by atoms with E-state index >= 15 is 0 Å². The zero-order valence-electron chi connectivity index (χ0n) is 8.59. The Bertz CT molecular complexity index is 446. The standard InChI is InChI=1S/C13H12N2/c1-11(13-3-2-6-15-10-13)9-12-4-7-14-8-5-12/h2-10H,1H3/b11-9-. The molecular formula is C13H12N2. The fourth-order valence-corrected chi connectivity index (χ4v) is 1.39. The highest BCUT2D eigenvalue weighted by molar-refractivity contribution is 5.79. The quantitative estimate of drug-likeness (QED) is 0.737. The second kappa shape index (κ2) is 4.51. The number of hydrogen-bond acceptors (Lipinski definition) is 2. The Kier molecular flexibility index (Phi) is 2.88. The molecule has 0 saturated carbocycles. The third-order valence-electron chi connectivity index (χ3n) is 2.21. The Balaban J connectivity index is 2.29. The van der Waals surface area contributed by atoms with Crippen LogP contribution in [0.15, 0.2) is 49.1 Å². The molecule has 2 nitrogen and oxygen atoms in total. The van der Waals surface area contributed by atoms with Gasteiger partial charge in [-0.25, -0.2) is 0 Å². The zero-order valence-corrected chi connectivity index (χ0v) is 8.59. The largest absolute Gasteiger partial charge is 0.265 e. The first-order valence-electron chi connectivity index (χ1n) is 4.85. The normalized spacial score (nSPS) is 11.4. The van der Waals surface area contributed by atoms with Crippen molar-refractivity contribution < 1.29 is 0 Å². The summed E-state index contributed by atoms with van der Waals surface area (Å²) >= 11 is 0. The lowest BCUT2D eigenvalue weighted by Crippen LogP contribution is -1.81. The van der Waals surface area contributed by atoms with E-state index in [1.165, 1.54) is 5.57 Å². The molecule has 0 bridgehead atoms. The first-order valence-corrected chi connectivity index (χ1v) is 4.85. The summed E-state index contributed by atoms with van der Waals surface area (Å²) in [5.41, 5.74) is 3.51. The molecule has 0 N–H and O–H groups in total. The van der Waals surface area contributed by atoms with Crippen LogP contribution in [0.5, 0.6) is 0 Å². The maximum Gasteiger partial charge on any atom is 0.0342 e. The molecule has 0 radical (unpaired) electrons. The van der Waals surface area contributed by atoms with E-state index in [2.05, 4.69) is 29.0 Å². The van der Waals surface area contributed by atoms with Gasteiger partial charge in [0, 0.05) is 24.8 Å². The molecule has 2 aromatic rings. The van der Waals surface area contributed by atoms with E-state index in [-0.39, 0.29) is 0 Å². The Hall–Kier alpha value is -1.96. The average molecular weight is 196 g/mol. The van der Waals surface area contributed by atoms with Gasteiger partial charge in [-0.1, -0.05) is 12.1 Å². The number of pyridine rings is 2. The number of hydrogen-bond donors (Lipinski definition) is 0. The first-order chi connectivity index (χ1) is 7.36. The molecule has 74 valence electrons. The Morgan fingerprint density at radius 1 is 1.07 bits per heavy atom. The average Bonchev–Trinajstić information content (AvgIpc) is 2.31. The van der Waals surface area contributed by atoms with Gasteiger partial charge in [0.2, 0.25) is 0 Å². The molecule has 2 rings (SSSR count). The Morgan fingerprint density at radius 2 is 1.87 bits per heavy atom. The molecule has 2 heterocycles. The topological polar surface area (TPSA) is 25.8 Å². The van der Waals surface area contributed by atoms with E-state index < -0.39 is 0 Å². The van der Waals surface area contributed by atoms with Crippen LogP contribution in [-0.4, -0.2) is 9.97 Å². The van der Waals surface area contributed by atoms with Gasteiger partial charge >= 0.3 is 0 Å². The lowest BCUT2D eigenvalue weighted by Gasteiger charge is -2.00. The lowest BCUT2D eigenvalue weighted by atomic mass is 10.1. The molecule has 0 spiro atoms. The van der Waals surface area contributed by atoms with Crippen LogP contribution in [0.1, 0.15) is 18.1 Å². The van der Waals surface area contributed by atoms with Crippen molar-refractivity contribution in [3.8, 4) is 0 Å². The van der Waals surface area contributed by atoms with Gasteiger partial charge in [0.25, 0.3) is 0 Å². The van der Waals surface area contributed by atoms with E-state index in [1.54, 1.807) is 18.6 Å². The summed E-state index contributed by atoms with van der Waals surface area (Å²) in [6.07, 6.45) is 9.36. The van der Waals surface area contributed by atoms with Crippen molar-refractivity contribution in [1.29, 1.82) is 0 Å². The van der Waals surface area contributed by atoms with Gasteiger partial charge in [-0.15, -0.1) is 0 Å². The van der Waals surface area contributed by atoms with Crippen molar-refractivity contribution in [3.63, 3.8) is 0 Å². The molecule has 0 fully saturated rings. The fourth-order valence-electron chi connectivity index (χ4n) is 1.39. The van der Waals surface area contributed by atoms with Crippen molar-refractivity contribution in [3.05, 3.63) is 60.2 Å². The molecule has 2 heteroatoms. The van der Waals surface area contributed by atoms with Crippen LogP contribution < -0.4 is 0 Å². The van der Waals surface area contributed by atoms with Crippen LogP contribution in [0.25, 0.3) is 11.6 Å². The van der Waals surface area contributed by atoms with E-state index in [0.717, 1.165) is 11.1 Å². The fraction of sp³-hybridized carbons (Fsp3) is 0.0769. The summed E-state index contributed by atoms with van der Waals surface area (Å²) in [5.74, 6) is 0. The number of rotatable bonds is 2. The zero-order chi connectivity index (χ0) is 10.5. The molecule has 2 aromatic heterocycles. The molecule has 0 aliphatic carbocycles. The molecule has 0 atom stereocenters. The number of aromatic nitrogens is 2. The molecule has 0 saturated heterocycles. The monoisotopic (exact) mass is 196 g/mol. The molecule has 0 aliphatic rings. The highest BCUT2D eigenvalue weighted by atomic mass is 14.6. The summed E-state index contributed by atoms with van der Waals surface area (Å²) in [6, 6.07) is 7.97. The van der Waals surface area contributed by atoms with Crippen LogP contribution in [0.4, 0.5) is 0 Å². The minimum atomic E-state index is 1.15. The first kappa shape index (κ1) is 9.59. The van der Waals surface area contributed by atoms with E-state index in [0.29, 0.717) is 0 Å². The minimum absolute atomic E-state index is 1.15. The molecule has 0 amide bonds. The summed E-state index contributed by atoms with van der Waals surface area (Å²) < 4.78 is 0. The van der Waals surface area contributed by atoms with Crippen molar-refractivity contribution in [1.82, 2.24) is 9.97 Å². The van der Waals surface area contributed by atoms with Gasteiger partial charge < -0.3 is 0 Å². The third-order valence-corrected chi connectivity index (χ3v) is 2.21. The lowest BCUT2D eigenvalue weighted by molar-refractivity contribution is 1.30. The summed E-state index contributed by atoms with van der Waals surface area (Å²) in [7, 11) is 0. The van der Waals surface area contributed by atoms with Crippen LogP contribution in [0, 0.1) is 0 Å². The summed E-state index contributed by atoms with van der Waals surface area (Å²) in [6.45, 7) is 2.08. The summed E-state index contributed by atoms with van der Waals surface area (Å²) in [4.78, 5) is 8.08. The summed E-state index contributed by atoms with van der Waals surface area (Å²) in [5, 5.41) is 0. The number of nitrogens with zero attached hydrogens (tertiary/aromatic N) is 2. The SMILES string of the molecule is C/C(=C/c1ccncc1)c1cccnc1. The van der Waals surface area contributed by atoms with Gasteiger partial charge in [0.15, 0.2) is 0 Å². The maximum absolute atomic E-state index is 4.09. The van der Waals surface area contributed by atoms with Crippen LogP contribution >= 0.6 is 0 Å². The second-order valence-electron chi connectivity index (χ2n) is 3.35. The molecule has 15 heavy (non-hydrogen) atoms. The molecule has 0 aromatic carbocycles. The highest BCUT2D eigenvalue weighted by Gasteiger charge is 1.94. The smallest absolute Gasteiger partial charge is 0.0342 e. The van der Waals surface area contributed by atoms with Gasteiger partial charge in [-0.3, -0.25) is 9.97 Å². The maximum atomic E-state index is 4.09. The minimum Gasteiger partial charge on any atom is -0.265 e. The van der Waals surface area contributed by atoms with Crippen LogP contribution in [0.3, 0.4) is 0 Å². The Labute approximate surface area is 89.3 Å².